The molecule has 0 atom stereocenters. The van der Waals surface area contributed by atoms with E-state index in [1.807, 2.05) is 0 Å². The monoisotopic (exact) mass is 377 g/mol. The van der Waals surface area contributed by atoms with Gasteiger partial charge in [-0.3, -0.25) is 0 Å². The van der Waals surface area contributed by atoms with Gasteiger partial charge in [-0.05, 0) is 37.1 Å². The topological polar surface area (TPSA) is 30.5 Å². The molecule has 0 saturated carbocycles. The van der Waals surface area contributed by atoms with E-state index >= 15 is 0 Å². The number of ether oxygens (including phenoxy) is 2. The predicted octanol–water partition coefficient (Wildman–Crippen LogP) is 6.88. The number of methoxy groups -OCH3 is 1. The number of rotatable bonds is 18. The standard InChI is InChI=1S/C24H43NO2/c1-4-6-8-10-12-14-18-25-21-22-16-17-23(24(20-22)26-3)27-19-15-13-11-9-7-5-2/h16-17,20,25H,4-15,18-19,21H2,1-3H3. The third kappa shape index (κ3) is 12.0. The maximum absolute atomic E-state index is 5.93. The molecule has 0 aliphatic rings. The van der Waals surface area contributed by atoms with E-state index in [-0.39, 0.29) is 0 Å². The summed E-state index contributed by atoms with van der Waals surface area (Å²) in [6, 6.07) is 6.30. The second kappa shape index (κ2) is 16.9. The Morgan fingerprint density at radius 3 is 2.04 bits per heavy atom. The Labute approximate surface area is 168 Å². The van der Waals surface area contributed by atoms with E-state index < -0.39 is 0 Å². The van der Waals surface area contributed by atoms with E-state index in [4.69, 9.17) is 9.47 Å². The largest absolute Gasteiger partial charge is 0.493 e. The van der Waals surface area contributed by atoms with Crippen LogP contribution in [0.4, 0.5) is 0 Å². The molecule has 1 aromatic carbocycles. The molecule has 1 rings (SSSR count). The smallest absolute Gasteiger partial charge is 0.161 e. The average molecular weight is 378 g/mol. The molecular weight excluding hydrogens is 334 g/mol. The lowest BCUT2D eigenvalue weighted by atomic mass is 10.1. The van der Waals surface area contributed by atoms with E-state index in [2.05, 4.69) is 37.4 Å². The molecule has 0 spiro atoms. The second-order valence-electron chi connectivity index (χ2n) is 7.55. The van der Waals surface area contributed by atoms with Crippen LogP contribution >= 0.6 is 0 Å². The third-order valence-electron chi connectivity index (χ3n) is 5.02. The van der Waals surface area contributed by atoms with Crippen molar-refractivity contribution in [1.29, 1.82) is 0 Å². The van der Waals surface area contributed by atoms with Crippen LogP contribution in [0.15, 0.2) is 18.2 Å². The van der Waals surface area contributed by atoms with Crippen molar-refractivity contribution in [1.82, 2.24) is 5.32 Å². The lowest BCUT2D eigenvalue weighted by Crippen LogP contribution is -2.14. The second-order valence-corrected chi connectivity index (χ2v) is 7.55. The molecule has 0 radical (unpaired) electrons. The molecule has 1 aromatic rings. The molecule has 0 aliphatic carbocycles. The van der Waals surface area contributed by atoms with Crippen molar-refractivity contribution in [3.05, 3.63) is 23.8 Å². The van der Waals surface area contributed by atoms with Crippen molar-refractivity contribution in [3.63, 3.8) is 0 Å². The van der Waals surface area contributed by atoms with E-state index in [1.54, 1.807) is 7.11 Å². The first-order chi connectivity index (χ1) is 13.3. The van der Waals surface area contributed by atoms with Crippen LogP contribution in [0, 0.1) is 0 Å². The summed E-state index contributed by atoms with van der Waals surface area (Å²) < 4.78 is 11.5. The van der Waals surface area contributed by atoms with Gasteiger partial charge in [0.05, 0.1) is 13.7 Å². The maximum atomic E-state index is 5.93. The van der Waals surface area contributed by atoms with E-state index in [1.165, 1.54) is 76.2 Å². The van der Waals surface area contributed by atoms with Gasteiger partial charge < -0.3 is 14.8 Å². The Bertz CT molecular complexity index is 462. The first kappa shape index (κ1) is 23.8. The minimum absolute atomic E-state index is 0.776. The summed E-state index contributed by atoms with van der Waals surface area (Å²) >= 11 is 0. The van der Waals surface area contributed by atoms with Crippen LogP contribution in [-0.2, 0) is 6.54 Å². The third-order valence-corrected chi connectivity index (χ3v) is 5.02. The van der Waals surface area contributed by atoms with Gasteiger partial charge in [-0.25, -0.2) is 0 Å². The van der Waals surface area contributed by atoms with Gasteiger partial charge in [0.1, 0.15) is 0 Å². The zero-order chi connectivity index (χ0) is 19.6. The van der Waals surface area contributed by atoms with Crippen LogP contribution < -0.4 is 14.8 Å². The van der Waals surface area contributed by atoms with Crippen LogP contribution in [0.25, 0.3) is 0 Å². The van der Waals surface area contributed by atoms with Crippen LogP contribution in [-0.4, -0.2) is 20.3 Å². The first-order valence-corrected chi connectivity index (χ1v) is 11.3. The quantitative estimate of drug-likeness (QED) is 0.283. The summed E-state index contributed by atoms with van der Waals surface area (Å²) in [5.74, 6) is 1.71. The maximum Gasteiger partial charge on any atom is 0.161 e. The highest BCUT2D eigenvalue weighted by Crippen LogP contribution is 2.28. The van der Waals surface area contributed by atoms with Gasteiger partial charge in [0.2, 0.25) is 0 Å². The van der Waals surface area contributed by atoms with Crippen molar-refractivity contribution < 1.29 is 9.47 Å². The lowest BCUT2D eigenvalue weighted by Gasteiger charge is -2.13. The molecule has 0 unspecified atom stereocenters. The van der Waals surface area contributed by atoms with Crippen molar-refractivity contribution >= 4 is 0 Å². The Kier molecular flexibility index (Phi) is 14.9. The Hall–Kier alpha value is -1.22. The summed E-state index contributed by atoms with van der Waals surface area (Å²) in [7, 11) is 1.72. The van der Waals surface area contributed by atoms with Crippen LogP contribution in [0.5, 0.6) is 11.5 Å². The van der Waals surface area contributed by atoms with Gasteiger partial charge in [-0.1, -0.05) is 84.1 Å². The van der Waals surface area contributed by atoms with Crippen molar-refractivity contribution in [2.45, 2.75) is 97.4 Å². The fraction of sp³-hybridized carbons (Fsp3) is 0.750. The first-order valence-electron chi connectivity index (χ1n) is 11.3. The molecule has 0 bridgehead atoms. The Balaban J connectivity index is 2.20. The van der Waals surface area contributed by atoms with Gasteiger partial charge in [0.15, 0.2) is 11.5 Å². The molecule has 0 aliphatic heterocycles. The summed E-state index contributed by atoms with van der Waals surface area (Å²) in [6.45, 7) is 7.27. The Morgan fingerprint density at radius 1 is 0.741 bits per heavy atom. The summed E-state index contributed by atoms with van der Waals surface area (Å²) in [5.41, 5.74) is 1.25. The molecule has 0 heterocycles. The Morgan fingerprint density at radius 2 is 1.37 bits per heavy atom. The fourth-order valence-electron chi connectivity index (χ4n) is 3.27. The van der Waals surface area contributed by atoms with Crippen LogP contribution in [0.1, 0.15) is 96.5 Å². The predicted molar refractivity (Wildman–Crippen MR) is 117 cm³/mol. The number of benzene rings is 1. The lowest BCUT2D eigenvalue weighted by molar-refractivity contribution is 0.284. The van der Waals surface area contributed by atoms with Gasteiger partial charge in [-0.2, -0.15) is 0 Å². The SMILES string of the molecule is CCCCCCCCNCc1ccc(OCCCCCCCC)c(OC)c1. The van der Waals surface area contributed by atoms with Gasteiger partial charge >= 0.3 is 0 Å². The highest BCUT2D eigenvalue weighted by Gasteiger charge is 2.06. The highest BCUT2D eigenvalue weighted by molar-refractivity contribution is 5.42. The molecular formula is C24H43NO2. The van der Waals surface area contributed by atoms with Gasteiger partial charge in [0, 0.05) is 6.54 Å². The molecule has 0 saturated heterocycles. The molecule has 0 aromatic heterocycles. The van der Waals surface area contributed by atoms with Gasteiger partial charge in [0.25, 0.3) is 0 Å². The average Bonchev–Trinajstić information content (AvgIpc) is 2.69. The normalized spacial score (nSPS) is 10.9. The van der Waals surface area contributed by atoms with Crippen LogP contribution in [0.2, 0.25) is 0 Å². The fourth-order valence-corrected chi connectivity index (χ4v) is 3.27. The summed E-state index contributed by atoms with van der Waals surface area (Å²) in [4.78, 5) is 0. The van der Waals surface area contributed by atoms with E-state index in [0.717, 1.165) is 37.6 Å². The number of unbranched alkanes of at least 4 members (excludes halogenated alkanes) is 10. The zero-order valence-electron chi connectivity index (χ0n) is 18.2. The highest BCUT2D eigenvalue weighted by atomic mass is 16.5. The van der Waals surface area contributed by atoms with Gasteiger partial charge in [-0.15, -0.1) is 0 Å². The van der Waals surface area contributed by atoms with Crippen molar-refractivity contribution in [2.75, 3.05) is 20.3 Å². The number of hydrogen-bond acceptors (Lipinski definition) is 3. The van der Waals surface area contributed by atoms with E-state index in [9.17, 15) is 0 Å². The van der Waals surface area contributed by atoms with Crippen molar-refractivity contribution in [2.24, 2.45) is 0 Å². The number of nitrogens with one attached hydrogen (secondary N) is 1. The summed E-state index contributed by atoms with van der Waals surface area (Å²) in [6.07, 6.45) is 15.7. The minimum Gasteiger partial charge on any atom is -0.493 e. The summed E-state index contributed by atoms with van der Waals surface area (Å²) in [5, 5.41) is 3.54. The molecule has 0 fully saturated rings. The molecule has 0 amide bonds. The minimum atomic E-state index is 0.776. The number of hydrogen-bond donors (Lipinski definition) is 1. The molecule has 27 heavy (non-hydrogen) atoms. The molecule has 156 valence electrons. The molecule has 3 heteroatoms. The molecule has 3 nitrogen and oxygen atoms in total. The zero-order valence-corrected chi connectivity index (χ0v) is 18.2. The molecule has 1 N–H and O–H groups in total. The van der Waals surface area contributed by atoms with E-state index in [0.29, 0.717) is 0 Å². The van der Waals surface area contributed by atoms with Crippen molar-refractivity contribution in [3.8, 4) is 11.5 Å². The van der Waals surface area contributed by atoms with Crippen LogP contribution in [0.3, 0.4) is 0 Å².